The fourth-order valence-electron chi connectivity index (χ4n) is 4.28. The van der Waals surface area contributed by atoms with Crippen molar-refractivity contribution in [3.63, 3.8) is 0 Å². The average Bonchev–Trinajstić information content (AvgIpc) is 3.11. The normalized spacial score (nSPS) is 24.5. The van der Waals surface area contributed by atoms with Crippen molar-refractivity contribution in [2.75, 3.05) is 0 Å². The van der Waals surface area contributed by atoms with E-state index in [0.29, 0.717) is 6.42 Å². The summed E-state index contributed by atoms with van der Waals surface area (Å²) in [4.78, 5) is 31.0. The standard InChI is InChI=1S/C24H41N3O2S/c1-10-11-12-17-15-27(22(4,5)6)30-20(17)26-21(29)24(9)14-13-18(23(24,7)8)19(28)25-16(2)3/h15-16,18H,10-14H2,1-9H3,(H,25,28)/t18-,24+/m1/s1. The zero-order valence-electron chi connectivity index (χ0n) is 20.4. The molecule has 1 saturated carbocycles. The summed E-state index contributed by atoms with van der Waals surface area (Å²) in [7, 11) is 0. The van der Waals surface area contributed by atoms with E-state index in [9.17, 15) is 9.59 Å². The van der Waals surface area contributed by atoms with Crippen LogP contribution in [0.1, 0.15) is 93.6 Å². The highest BCUT2D eigenvalue weighted by Gasteiger charge is 2.58. The van der Waals surface area contributed by atoms with Gasteiger partial charge >= 0.3 is 0 Å². The molecule has 2 atom stereocenters. The van der Waals surface area contributed by atoms with Crippen molar-refractivity contribution in [2.45, 2.75) is 106 Å². The molecule has 1 fully saturated rings. The lowest BCUT2D eigenvalue weighted by Gasteiger charge is -2.38. The fourth-order valence-corrected chi connectivity index (χ4v) is 5.31. The number of nitrogens with zero attached hydrogens (tertiary/aromatic N) is 2. The Hall–Kier alpha value is -1.43. The topological polar surface area (TPSA) is 63.5 Å². The minimum absolute atomic E-state index is 0.0426. The van der Waals surface area contributed by atoms with E-state index in [4.69, 9.17) is 0 Å². The van der Waals surface area contributed by atoms with E-state index in [1.54, 1.807) is 11.5 Å². The third-order valence-electron chi connectivity index (χ3n) is 6.84. The summed E-state index contributed by atoms with van der Waals surface area (Å²) in [5, 5.41) is 3.04. The highest BCUT2D eigenvalue weighted by Crippen LogP contribution is 2.56. The maximum absolute atomic E-state index is 13.5. The number of rotatable bonds is 6. The monoisotopic (exact) mass is 435 g/mol. The van der Waals surface area contributed by atoms with Crippen molar-refractivity contribution in [1.29, 1.82) is 0 Å². The predicted octanol–water partition coefficient (Wildman–Crippen LogP) is 5.04. The molecular formula is C24H41N3O2S. The van der Waals surface area contributed by atoms with Crippen LogP contribution in [0.3, 0.4) is 0 Å². The molecule has 1 aliphatic carbocycles. The van der Waals surface area contributed by atoms with Crippen LogP contribution >= 0.6 is 11.5 Å². The first-order valence-corrected chi connectivity index (χ1v) is 12.1. The van der Waals surface area contributed by atoms with Crippen molar-refractivity contribution in [3.8, 4) is 0 Å². The molecule has 5 nitrogen and oxygen atoms in total. The molecule has 1 aromatic rings. The van der Waals surface area contributed by atoms with Gasteiger partial charge in [-0.25, -0.2) is 4.99 Å². The molecule has 6 heteroatoms. The van der Waals surface area contributed by atoms with Gasteiger partial charge in [-0.05, 0) is 77.2 Å². The van der Waals surface area contributed by atoms with Crippen LogP contribution in [-0.2, 0) is 21.5 Å². The van der Waals surface area contributed by atoms with Gasteiger partial charge in [-0.1, -0.05) is 34.1 Å². The Bertz CT molecular complexity index is 841. The fraction of sp³-hybridized carbons (Fsp3) is 0.792. The van der Waals surface area contributed by atoms with Gasteiger partial charge in [0.1, 0.15) is 4.67 Å². The van der Waals surface area contributed by atoms with E-state index in [1.807, 2.05) is 20.8 Å². The lowest BCUT2D eigenvalue weighted by Crippen LogP contribution is -2.46. The third kappa shape index (κ3) is 4.90. The number of aryl methyl sites for hydroxylation is 1. The first-order chi connectivity index (χ1) is 13.7. The molecular weight excluding hydrogens is 394 g/mol. The molecule has 0 bridgehead atoms. The van der Waals surface area contributed by atoms with Gasteiger partial charge in [0.05, 0.1) is 5.41 Å². The average molecular weight is 436 g/mol. The van der Waals surface area contributed by atoms with Crippen LogP contribution in [0, 0.1) is 16.7 Å². The van der Waals surface area contributed by atoms with Crippen LogP contribution in [0.15, 0.2) is 11.2 Å². The van der Waals surface area contributed by atoms with Gasteiger partial charge in [0.25, 0.3) is 5.91 Å². The number of amides is 2. The first-order valence-electron chi connectivity index (χ1n) is 11.4. The van der Waals surface area contributed by atoms with Crippen molar-refractivity contribution < 1.29 is 9.59 Å². The molecule has 2 amide bonds. The van der Waals surface area contributed by atoms with Gasteiger partial charge < -0.3 is 5.32 Å². The summed E-state index contributed by atoms with van der Waals surface area (Å²) in [5.41, 5.74) is 0.00962. The summed E-state index contributed by atoms with van der Waals surface area (Å²) < 4.78 is 3.03. The van der Waals surface area contributed by atoms with Crippen molar-refractivity contribution in [3.05, 3.63) is 16.4 Å². The summed E-state index contributed by atoms with van der Waals surface area (Å²) in [6.45, 7) is 18.7. The van der Waals surface area contributed by atoms with Gasteiger partial charge in [0.2, 0.25) is 5.91 Å². The number of carbonyl (C=O) groups is 2. The molecule has 1 aliphatic rings. The van der Waals surface area contributed by atoms with E-state index < -0.39 is 10.8 Å². The van der Waals surface area contributed by atoms with E-state index in [0.717, 1.165) is 35.9 Å². The molecule has 0 saturated heterocycles. The van der Waals surface area contributed by atoms with Crippen molar-refractivity contribution >= 4 is 23.3 Å². The van der Waals surface area contributed by atoms with Crippen LogP contribution in [0.25, 0.3) is 0 Å². The number of hydrogen-bond donors (Lipinski definition) is 1. The number of aromatic nitrogens is 1. The summed E-state index contributed by atoms with van der Waals surface area (Å²) >= 11 is 1.57. The van der Waals surface area contributed by atoms with Crippen LogP contribution in [0.4, 0.5) is 0 Å². The maximum atomic E-state index is 13.5. The van der Waals surface area contributed by atoms with Crippen LogP contribution < -0.4 is 9.99 Å². The number of unbranched alkanes of at least 4 members (excludes halogenated alkanes) is 1. The lowest BCUT2D eigenvalue weighted by molar-refractivity contribution is -0.136. The minimum Gasteiger partial charge on any atom is -0.354 e. The zero-order valence-corrected chi connectivity index (χ0v) is 21.2. The Labute approximate surface area is 186 Å². The highest BCUT2D eigenvalue weighted by molar-refractivity contribution is 7.04. The minimum atomic E-state index is -0.648. The summed E-state index contributed by atoms with van der Waals surface area (Å²) in [5.74, 6) is -0.212. The quantitative estimate of drug-likeness (QED) is 0.680. The highest BCUT2D eigenvalue weighted by atomic mass is 32.1. The second kappa shape index (κ2) is 8.97. The Morgan fingerprint density at radius 1 is 1.30 bits per heavy atom. The molecule has 170 valence electrons. The van der Waals surface area contributed by atoms with Crippen molar-refractivity contribution in [2.24, 2.45) is 21.7 Å². The Balaban J connectivity index is 2.41. The number of carbonyl (C=O) groups excluding carboxylic acids is 2. The molecule has 0 spiro atoms. The molecule has 1 aromatic heterocycles. The zero-order chi connectivity index (χ0) is 22.9. The largest absolute Gasteiger partial charge is 0.354 e. The second-order valence-electron chi connectivity index (χ2n) is 10.9. The Morgan fingerprint density at radius 3 is 2.47 bits per heavy atom. The van der Waals surface area contributed by atoms with Crippen LogP contribution in [0.5, 0.6) is 0 Å². The lowest BCUT2D eigenvalue weighted by atomic mass is 9.65. The first kappa shape index (κ1) is 24.8. The van der Waals surface area contributed by atoms with E-state index >= 15 is 0 Å². The van der Waals surface area contributed by atoms with Crippen molar-refractivity contribution in [1.82, 2.24) is 9.27 Å². The molecule has 0 unspecified atom stereocenters. The molecule has 30 heavy (non-hydrogen) atoms. The molecule has 2 rings (SSSR count). The Kier molecular flexibility index (Phi) is 7.43. The molecule has 0 aliphatic heterocycles. The third-order valence-corrected chi connectivity index (χ3v) is 8.22. The Morgan fingerprint density at radius 2 is 1.93 bits per heavy atom. The number of nitrogens with one attached hydrogen (secondary N) is 1. The van der Waals surface area contributed by atoms with Gasteiger partial charge in [-0.3, -0.25) is 13.5 Å². The van der Waals surface area contributed by atoms with Gasteiger partial charge in [-0.15, -0.1) is 0 Å². The second-order valence-corrected chi connectivity index (χ2v) is 11.8. The molecule has 1 N–H and O–H groups in total. The SMILES string of the molecule is CCCCc1cn(C(C)(C)C)sc1=NC(=O)[C@]1(C)CC[C@H](C(=O)NC(C)C)C1(C)C. The summed E-state index contributed by atoms with van der Waals surface area (Å²) in [6, 6.07) is 0.0978. The number of hydrogen-bond acceptors (Lipinski definition) is 3. The summed E-state index contributed by atoms with van der Waals surface area (Å²) in [6.07, 6.45) is 6.69. The van der Waals surface area contributed by atoms with Gasteiger partial charge in [-0.2, -0.15) is 0 Å². The van der Waals surface area contributed by atoms with Gasteiger partial charge in [0, 0.05) is 29.3 Å². The van der Waals surface area contributed by atoms with Crippen LogP contribution in [-0.4, -0.2) is 21.8 Å². The molecule has 0 aromatic carbocycles. The molecule has 0 radical (unpaired) electrons. The maximum Gasteiger partial charge on any atom is 0.253 e. The van der Waals surface area contributed by atoms with E-state index in [2.05, 4.69) is 62.0 Å². The van der Waals surface area contributed by atoms with Gasteiger partial charge in [0.15, 0.2) is 0 Å². The smallest absolute Gasteiger partial charge is 0.253 e. The van der Waals surface area contributed by atoms with E-state index in [1.165, 1.54) is 0 Å². The predicted molar refractivity (Wildman–Crippen MR) is 124 cm³/mol. The molecule has 1 heterocycles. The van der Waals surface area contributed by atoms with Crippen LogP contribution in [0.2, 0.25) is 0 Å². The van der Waals surface area contributed by atoms with E-state index in [-0.39, 0.29) is 29.3 Å².